The molecule has 0 aromatic carbocycles. The van der Waals surface area contributed by atoms with E-state index in [1.165, 1.54) is 11.4 Å². The van der Waals surface area contributed by atoms with Crippen LogP contribution in [0.25, 0.3) is 0 Å². The molecule has 0 saturated carbocycles. The Bertz CT molecular complexity index is 236. The largest absolute Gasteiger partial charge is 0.282 e. The topological polar surface area (TPSA) is 28.7 Å². The van der Waals surface area contributed by atoms with Crippen molar-refractivity contribution in [1.82, 2.24) is 10.2 Å². The van der Waals surface area contributed by atoms with Crippen LogP contribution >= 0.6 is 0 Å². The average molecular weight is 166 g/mol. The predicted molar refractivity (Wildman–Crippen MR) is 51.2 cm³/mol. The second-order valence-corrected chi connectivity index (χ2v) is 4.07. The molecule has 1 rings (SSSR count). The molecule has 12 heavy (non-hydrogen) atoms. The second kappa shape index (κ2) is 3.74. The Labute approximate surface area is 74.4 Å². The zero-order valence-corrected chi connectivity index (χ0v) is 8.39. The molecule has 68 valence electrons. The highest BCUT2D eigenvalue weighted by Gasteiger charge is 2.05. The quantitative estimate of drug-likeness (QED) is 0.734. The first kappa shape index (κ1) is 9.30. The van der Waals surface area contributed by atoms with Crippen molar-refractivity contribution in [3.63, 3.8) is 0 Å². The third kappa shape index (κ3) is 2.36. The Kier molecular flexibility index (Phi) is 2.90. The van der Waals surface area contributed by atoms with Crippen molar-refractivity contribution in [1.29, 1.82) is 0 Å². The number of aromatic nitrogens is 2. The van der Waals surface area contributed by atoms with Crippen LogP contribution in [-0.2, 0) is 6.42 Å². The lowest BCUT2D eigenvalue weighted by molar-refractivity contribution is 0.633. The van der Waals surface area contributed by atoms with E-state index < -0.39 is 0 Å². The highest BCUT2D eigenvalue weighted by atomic mass is 15.1. The molecule has 0 radical (unpaired) electrons. The van der Waals surface area contributed by atoms with Crippen molar-refractivity contribution in [2.75, 3.05) is 0 Å². The van der Waals surface area contributed by atoms with E-state index in [1.807, 2.05) is 0 Å². The van der Waals surface area contributed by atoms with Crippen LogP contribution in [0.4, 0.5) is 0 Å². The molecular formula is C10H18N2. The first-order chi connectivity index (χ1) is 5.59. The zero-order valence-electron chi connectivity index (χ0n) is 8.39. The summed E-state index contributed by atoms with van der Waals surface area (Å²) in [7, 11) is 0. The lowest BCUT2D eigenvalue weighted by Crippen LogP contribution is -1.93. The monoisotopic (exact) mass is 166 g/mol. The molecule has 0 bridgehead atoms. The van der Waals surface area contributed by atoms with Gasteiger partial charge in [0.25, 0.3) is 0 Å². The molecule has 0 fully saturated rings. The first-order valence-corrected chi connectivity index (χ1v) is 4.63. The molecule has 1 aromatic heterocycles. The normalized spacial score (nSPS) is 11.5. The summed E-state index contributed by atoms with van der Waals surface area (Å²) in [5.41, 5.74) is 2.43. The van der Waals surface area contributed by atoms with Gasteiger partial charge >= 0.3 is 0 Å². The summed E-state index contributed by atoms with van der Waals surface area (Å²) in [5, 5.41) is 7.31. The SMILES string of the molecule is CC(C)Cc1cc(C(C)C)[nH]n1. The van der Waals surface area contributed by atoms with Gasteiger partial charge in [-0.3, -0.25) is 5.10 Å². The number of hydrogen-bond donors (Lipinski definition) is 1. The summed E-state index contributed by atoms with van der Waals surface area (Å²) >= 11 is 0. The van der Waals surface area contributed by atoms with Crippen LogP contribution in [0.15, 0.2) is 6.07 Å². The third-order valence-electron chi connectivity index (χ3n) is 1.89. The summed E-state index contributed by atoms with van der Waals surface area (Å²) in [6, 6.07) is 2.17. The van der Waals surface area contributed by atoms with Crippen molar-refractivity contribution in [2.24, 2.45) is 5.92 Å². The van der Waals surface area contributed by atoms with E-state index in [2.05, 4.69) is 44.0 Å². The number of hydrogen-bond acceptors (Lipinski definition) is 1. The molecule has 2 heteroatoms. The van der Waals surface area contributed by atoms with Gasteiger partial charge in [-0.1, -0.05) is 27.7 Å². The van der Waals surface area contributed by atoms with E-state index >= 15 is 0 Å². The lowest BCUT2D eigenvalue weighted by atomic mass is 10.1. The maximum Gasteiger partial charge on any atom is 0.0627 e. The number of aromatic amines is 1. The molecule has 0 aliphatic heterocycles. The Morgan fingerprint density at radius 1 is 1.33 bits per heavy atom. The summed E-state index contributed by atoms with van der Waals surface area (Å²) in [5.74, 6) is 1.24. The average Bonchev–Trinajstić information content (AvgIpc) is 2.34. The van der Waals surface area contributed by atoms with Crippen LogP contribution in [0.3, 0.4) is 0 Å². The van der Waals surface area contributed by atoms with E-state index in [4.69, 9.17) is 0 Å². The number of nitrogens with zero attached hydrogens (tertiary/aromatic N) is 1. The van der Waals surface area contributed by atoms with E-state index in [0.717, 1.165) is 6.42 Å². The Hall–Kier alpha value is -0.790. The molecule has 2 nitrogen and oxygen atoms in total. The molecule has 0 saturated heterocycles. The maximum atomic E-state index is 4.25. The summed E-state index contributed by atoms with van der Waals surface area (Å²) < 4.78 is 0. The number of H-pyrrole nitrogens is 1. The molecule has 0 aliphatic carbocycles. The van der Waals surface area contributed by atoms with Crippen LogP contribution in [0.1, 0.15) is 45.0 Å². The highest BCUT2D eigenvalue weighted by Crippen LogP contribution is 2.13. The lowest BCUT2D eigenvalue weighted by Gasteiger charge is -1.99. The fourth-order valence-corrected chi connectivity index (χ4v) is 1.20. The Morgan fingerprint density at radius 3 is 2.42 bits per heavy atom. The summed E-state index contributed by atoms with van der Waals surface area (Å²) in [4.78, 5) is 0. The standard InChI is InChI=1S/C10H18N2/c1-7(2)5-9-6-10(8(3)4)12-11-9/h6-8H,5H2,1-4H3,(H,11,12). The van der Waals surface area contributed by atoms with Crippen molar-refractivity contribution in [2.45, 2.75) is 40.0 Å². The third-order valence-corrected chi connectivity index (χ3v) is 1.89. The number of rotatable bonds is 3. The van der Waals surface area contributed by atoms with E-state index in [1.54, 1.807) is 0 Å². The molecule has 1 heterocycles. The summed E-state index contributed by atoms with van der Waals surface area (Å²) in [6.45, 7) is 8.77. The molecule has 1 N–H and O–H groups in total. The molecule has 0 amide bonds. The predicted octanol–water partition coefficient (Wildman–Crippen LogP) is 2.73. The van der Waals surface area contributed by atoms with E-state index in [9.17, 15) is 0 Å². The van der Waals surface area contributed by atoms with Gasteiger partial charge < -0.3 is 0 Å². The van der Waals surface area contributed by atoms with Crippen molar-refractivity contribution in [3.8, 4) is 0 Å². The van der Waals surface area contributed by atoms with Gasteiger partial charge in [0, 0.05) is 5.69 Å². The molecular weight excluding hydrogens is 148 g/mol. The Morgan fingerprint density at radius 2 is 2.00 bits per heavy atom. The minimum Gasteiger partial charge on any atom is -0.282 e. The molecule has 0 unspecified atom stereocenters. The van der Waals surface area contributed by atoms with Gasteiger partial charge in [0.05, 0.1) is 5.69 Å². The fourth-order valence-electron chi connectivity index (χ4n) is 1.20. The van der Waals surface area contributed by atoms with Gasteiger partial charge in [0.2, 0.25) is 0 Å². The van der Waals surface area contributed by atoms with Gasteiger partial charge in [0.15, 0.2) is 0 Å². The van der Waals surface area contributed by atoms with Crippen LogP contribution in [0.5, 0.6) is 0 Å². The van der Waals surface area contributed by atoms with Gasteiger partial charge in [-0.2, -0.15) is 5.10 Å². The van der Waals surface area contributed by atoms with Gasteiger partial charge in [-0.25, -0.2) is 0 Å². The van der Waals surface area contributed by atoms with Gasteiger partial charge in [-0.05, 0) is 24.3 Å². The van der Waals surface area contributed by atoms with Crippen molar-refractivity contribution >= 4 is 0 Å². The highest BCUT2D eigenvalue weighted by molar-refractivity contribution is 5.11. The van der Waals surface area contributed by atoms with Crippen LogP contribution in [-0.4, -0.2) is 10.2 Å². The minimum absolute atomic E-state index is 0.554. The van der Waals surface area contributed by atoms with Crippen LogP contribution < -0.4 is 0 Å². The van der Waals surface area contributed by atoms with E-state index in [0.29, 0.717) is 11.8 Å². The van der Waals surface area contributed by atoms with Crippen molar-refractivity contribution < 1.29 is 0 Å². The smallest absolute Gasteiger partial charge is 0.0627 e. The molecule has 0 atom stereocenters. The van der Waals surface area contributed by atoms with Gasteiger partial charge in [0.1, 0.15) is 0 Å². The van der Waals surface area contributed by atoms with Crippen molar-refractivity contribution in [3.05, 3.63) is 17.5 Å². The minimum atomic E-state index is 0.554. The zero-order chi connectivity index (χ0) is 9.14. The first-order valence-electron chi connectivity index (χ1n) is 4.63. The maximum absolute atomic E-state index is 4.25. The fraction of sp³-hybridized carbons (Fsp3) is 0.700. The Balaban J connectivity index is 2.64. The molecule has 1 aromatic rings. The van der Waals surface area contributed by atoms with E-state index in [-0.39, 0.29) is 0 Å². The second-order valence-electron chi connectivity index (χ2n) is 4.07. The van der Waals surface area contributed by atoms with Crippen LogP contribution in [0.2, 0.25) is 0 Å². The van der Waals surface area contributed by atoms with Crippen LogP contribution in [0, 0.1) is 5.92 Å². The van der Waals surface area contributed by atoms with Gasteiger partial charge in [-0.15, -0.1) is 0 Å². The summed E-state index contributed by atoms with van der Waals surface area (Å²) in [6.07, 6.45) is 1.07. The number of nitrogens with one attached hydrogen (secondary N) is 1. The molecule has 0 spiro atoms. The molecule has 0 aliphatic rings.